The molecule has 0 saturated heterocycles. The fourth-order valence-corrected chi connectivity index (χ4v) is 4.97. The summed E-state index contributed by atoms with van der Waals surface area (Å²) < 4.78 is 1.85. The summed E-state index contributed by atoms with van der Waals surface area (Å²) in [4.78, 5) is 20.8. The predicted octanol–water partition coefficient (Wildman–Crippen LogP) is 5.69. The van der Waals surface area contributed by atoms with Crippen molar-refractivity contribution in [3.05, 3.63) is 93.1 Å². The van der Waals surface area contributed by atoms with E-state index >= 15 is 0 Å². The van der Waals surface area contributed by atoms with Crippen LogP contribution in [-0.4, -0.2) is 35.2 Å². The second kappa shape index (κ2) is 10.9. The third-order valence-corrected chi connectivity index (χ3v) is 6.89. The van der Waals surface area contributed by atoms with E-state index in [1.165, 1.54) is 0 Å². The average molecular weight is 514 g/mol. The summed E-state index contributed by atoms with van der Waals surface area (Å²) in [5, 5.41) is 14.8. The van der Waals surface area contributed by atoms with Gasteiger partial charge in [0.05, 0.1) is 17.3 Å². The summed E-state index contributed by atoms with van der Waals surface area (Å²) >= 11 is 6.64. The van der Waals surface area contributed by atoms with Gasteiger partial charge < -0.3 is 4.98 Å². The molecule has 0 aliphatic heterocycles. The van der Waals surface area contributed by atoms with Gasteiger partial charge in [0.15, 0.2) is 5.82 Å². The van der Waals surface area contributed by atoms with Crippen LogP contribution in [0.4, 0.5) is 0 Å². The average Bonchev–Trinajstić information content (AvgIpc) is 3.56. The lowest BCUT2D eigenvalue weighted by Gasteiger charge is -2.13. The number of H-pyrrole nitrogens is 2. The molecule has 8 nitrogen and oxygen atoms in total. The van der Waals surface area contributed by atoms with Crippen molar-refractivity contribution in [1.82, 2.24) is 35.2 Å². The molecule has 5 aromatic rings. The number of unbranched alkanes of at least 4 members (excludes halogenated alkanes) is 1. The van der Waals surface area contributed by atoms with Gasteiger partial charge in [0.1, 0.15) is 5.69 Å². The van der Waals surface area contributed by atoms with E-state index in [0.717, 1.165) is 64.9 Å². The maximum absolute atomic E-state index is 13.2. The number of nitrogens with zero attached hydrogens (tertiary/aromatic N) is 5. The number of halogens is 1. The molecule has 0 fully saturated rings. The number of imidazole rings is 1. The second-order valence-corrected chi connectivity index (χ2v) is 9.32. The highest BCUT2D eigenvalue weighted by Gasteiger charge is 2.20. The van der Waals surface area contributed by atoms with Gasteiger partial charge in [-0.1, -0.05) is 74.3 Å². The second-order valence-electron chi connectivity index (χ2n) is 8.92. The van der Waals surface area contributed by atoms with Crippen LogP contribution in [0.2, 0.25) is 5.02 Å². The molecule has 37 heavy (non-hydrogen) atoms. The number of benzene rings is 2. The standard InChI is InChI=1S/C28H28ClN7O/c1-3-5-11-23-26(24-19(4-2)8-6-10-22(24)29)31-28(37)36(23)17-18-12-14-20(15-13-18)21-9-7-16-30-25(21)27-32-34-35-33-27/h6-10,12-16H,3-5,11,17H2,1-2H3,(H,31,37)(H,32,33,34,35). The van der Waals surface area contributed by atoms with Crippen molar-refractivity contribution in [2.45, 2.75) is 46.1 Å². The molecule has 0 aliphatic carbocycles. The van der Waals surface area contributed by atoms with Crippen LogP contribution in [0, 0.1) is 0 Å². The summed E-state index contributed by atoms with van der Waals surface area (Å²) in [5.74, 6) is 0.512. The molecule has 188 valence electrons. The van der Waals surface area contributed by atoms with Gasteiger partial charge in [0.25, 0.3) is 0 Å². The van der Waals surface area contributed by atoms with Crippen molar-refractivity contribution >= 4 is 11.6 Å². The van der Waals surface area contributed by atoms with Gasteiger partial charge in [-0.15, -0.1) is 5.10 Å². The number of hydrogen-bond acceptors (Lipinski definition) is 5. The van der Waals surface area contributed by atoms with Gasteiger partial charge in [0.2, 0.25) is 0 Å². The smallest absolute Gasteiger partial charge is 0.305 e. The molecular formula is C28H28ClN7O. The number of nitrogens with one attached hydrogen (secondary N) is 2. The van der Waals surface area contributed by atoms with E-state index in [4.69, 9.17) is 11.6 Å². The number of aryl methyl sites for hydroxylation is 1. The summed E-state index contributed by atoms with van der Waals surface area (Å²) in [6, 6.07) is 17.9. The molecule has 3 aromatic heterocycles. The van der Waals surface area contributed by atoms with Crippen molar-refractivity contribution in [2.24, 2.45) is 0 Å². The van der Waals surface area contributed by atoms with Crippen LogP contribution in [0.1, 0.15) is 43.5 Å². The Hall–Kier alpha value is -4.04. The summed E-state index contributed by atoms with van der Waals surface area (Å²) in [7, 11) is 0. The van der Waals surface area contributed by atoms with Crippen LogP contribution in [0.3, 0.4) is 0 Å². The molecule has 0 unspecified atom stereocenters. The highest BCUT2D eigenvalue weighted by molar-refractivity contribution is 6.33. The van der Waals surface area contributed by atoms with Gasteiger partial charge in [-0.25, -0.2) is 9.89 Å². The molecule has 0 saturated carbocycles. The molecule has 3 heterocycles. The Balaban J connectivity index is 1.50. The van der Waals surface area contributed by atoms with Crippen LogP contribution in [-0.2, 0) is 19.4 Å². The highest BCUT2D eigenvalue weighted by Crippen LogP contribution is 2.33. The molecule has 5 rings (SSSR count). The molecule has 0 aliphatic rings. The van der Waals surface area contributed by atoms with Crippen molar-refractivity contribution < 1.29 is 0 Å². The first-order valence-electron chi connectivity index (χ1n) is 12.5. The van der Waals surface area contributed by atoms with E-state index in [1.807, 2.05) is 53.1 Å². The molecular weight excluding hydrogens is 486 g/mol. The van der Waals surface area contributed by atoms with Crippen molar-refractivity contribution in [2.75, 3.05) is 0 Å². The van der Waals surface area contributed by atoms with Gasteiger partial charge in [-0.2, -0.15) is 0 Å². The Morgan fingerprint density at radius 3 is 2.59 bits per heavy atom. The lowest BCUT2D eigenvalue weighted by atomic mass is 9.99. The number of aromatic amines is 2. The summed E-state index contributed by atoms with van der Waals surface area (Å²) in [6.07, 6.45) is 5.35. The fraction of sp³-hybridized carbons (Fsp3) is 0.250. The molecule has 2 aromatic carbocycles. The topological polar surface area (TPSA) is 105 Å². The third-order valence-electron chi connectivity index (χ3n) is 6.57. The first-order valence-corrected chi connectivity index (χ1v) is 12.9. The first-order chi connectivity index (χ1) is 18.1. The van der Waals surface area contributed by atoms with Gasteiger partial charge >= 0.3 is 5.69 Å². The molecule has 0 radical (unpaired) electrons. The molecule has 0 bridgehead atoms. The zero-order valence-electron chi connectivity index (χ0n) is 20.8. The molecule has 0 amide bonds. The predicted molar refractivity (Wildman–Crippen MR) is 145 cm³/mol. The van der Waals surface area contributed by atoms with Crippen molar-refractivity contribution in [3.8, 4) is 33.9 Å². The van der Waals surface area contributed by atoms with Crippen molar-refractivity contribution in [1.29, 1.82) is 0 Å². The van der Waals surface area contributed by atoms with E-state index in [1.54, 1.807) is 6.20 Å². The van der Waals surface area contributed by atoms with Crippen LogP contribution in [0.25, 0.3) is 33.9 Å². The van der Waals surface area contributed by atoms with Crippen LogP contribution < -0.4 is 5.69 Å². The Morgan fingerprint density at radius 1 is 1.03 bits per heavy atom. The fourth-order valence-electron chi connectivity index (χ4n) is 4.68. The van der Waals surface area contributed by atoms with E-state index in [9.17, 15) is 4.79 Å². The van der Waals surface area contributed by atoms with Crippen LogP contribution in [0.5, 0.6) is 0 Å². The normalized spacial score (nSPS) is 11.2. The number of aromatic nitrogens is 7. The summed E-state index contributed by atoms with van der Waals surface area (Å²) in [5.41, 5.74) is 7.36. The van der Waals surface area contributed by atoms with Crippen LogP contribution >= 0.6 is 11.6 Å². The minimum atomic E-state index is -0.125. The minimum absolute atomic E-state index is 0.125. The molecule has 0 atom stereocenters. The number of pyridine rings is 1. The Morgan fingerprint density at radius 2 is 1.86 bits per heavy atom. The van der Waals surface area contributed by atoms with Gasteiger partial charge in [0, 0.05) is 23.0 Å². The van der Waals surface area contributed by atoms with E-state index in [0.29, 0.717) is 23.1 Å². The Bertz CT molecular complexity index is 1550. The largest absolute Gasteiger partial charge is 0.326 e. The number of rotatable bonds is 9. The first kappa shape index (κ1) is 24.6. The number of hydrogen-bond donors (Lipinski definition) is 2. The lowest BCUT2D eigenvalue weighted by Crippen LogP contribution is -2.19. The van der Waals surface area contributed by atoms with Gasteiger partial charge in [-0.05, 0) is 58.5 Å². The highest BCUT2D eigenvalue weighted by atomic mass is 35.5. The van der Waals surface area contributed by atoms with E-state index in [2.05, 4.69) is 50.5 Å². The third kappa shape index (κ3) is 4.97. The molecule has 0 spiro atoms. The van der Waals surface area contributed by atoms with Crippen LogP contribution in [0.15, 0.2) is 65.6 Å². The molecule has 2 N–H and O–H groups in total. The van der Waals surface area contributed by atoms with Crippen molar-refractivity contribution in [3.63, 3.8) is 0 Å². The van der Waals surface area contributed by atoms with E-state index < -0.39 is 0 Å². The number of tetrazole rings is 1. The Kier molecular flexibility index (Phi) is 7.28. The maximum Gasteiger partial charge on any atom is 0.326 e. The monoisotopic (exact) mass is 513 g/mol. The van der Waals surface area contributed by atoms with Gasteiger partial charge in [-0.3, -0.25) is 9.55 Å². The summed E-state index contributed by atoms with van der Waals surface area (Å²) in [6.45, 7) is 4.72. The zero-order chi connectivity index (χ0) is 25.8. The quantitative estimate of drug-likeness (QED) is 0.263. The Labute approximate surface area is 219 Å². The zero-order valence-corrected chi connectivity index (χ0v) is 21.6. The molecule has 9 heteroatoms. The minimum Gasteiger partial charge on any atom is -0.305 e. The lowest BCUT2D eigenvalue weighted by molar-refractivity contribution is 0.679. The maximum atomic E-state index is 13.2. The SMILES string of the molecule is CCCCc1c(-c2c(Cl)cccc2CC)[nH]c(=O)n1Cc1ccc(-c2cccnc2-c2nnn[nH]2)cc1. The van der Waals surface area contributed by atoms with E-state index in [-0.39, 0.29) is 5.69 Å².